The molecule has 0 aromatic carbocycles. The fraction of sp³-hybridized carbons (Fsp3) is 0.615. The van der Waals surface area contributed by atoms with Crippen LogP contribution < -0.4 is 10.6 Å². The Morgan fingerprint density at radius 1 is 1.52 bits per heavy atom. The lowest BCUT2D eigenvalue weighted by Crippen LogP contribution is -2.44. The van der Waals surface area contributed by atoms with Crippen LogP contribution >= 0.6 is 11.3 Å². The molecule has 1 amide bonds. The Morgan fingerprint density at radius 2 is 2.33 bits per heavy atom. The standard InChI is InChI=1S/C13H19N3O4S/c1-2-14-9-6-20-5-8(9)12(17)15-4-3-11-16-10(7-21-11)13(18)19/h7-9,14H,2-6H2,1H3,(H,15,17)(H,18,19). The van der Waals surface area contributed by atoms with Gasteiger partial charge in [-0.25, -0.2) is 9.78 Å². The van der Waals surface area contributed by atoms with Gasteiger partial charge in [0.25, 0.3) is 0 Å². The zero-order valence-corrected chi connectivity index (χ0v) is 12.6. The van der Waals surface area contributed by atoms with Gasteiger partial charge < -0.3 is 20.5 Å². The summed E-state index contributed by atoms with van der Waals surface area (Å²) in [6.45, 7) is 4.23. The second kappa shape index (κ2) is 7.48. The van der Waals surface area contributed by atoms with Crippen molar-refractivity contribution in [1.29, 1.82) is 0 Å². The van der Waals surface area contributed by atoms with Crippen LogP contribution in [0.15, 0.2) is 5.38 Å². The SMILES string of the molecule is CCNC1COCC1C(=O)NCCc1nc(C(=O)O)cs1. The number of amides is 1. The average molecular weight is 313 g/mol. The van der Waals surface area contributed by atoms with Crippen molar-refractivity contribution in [1.82, 2.24) is 15.6 Å². The minimum absolute atomic E-state index is 0.0338. The zero-order valence-electron chi connectivity index (χ0n) is 11.8. The Kier molecular flexibility index (Phi) is 5.66. The Hall–Kier alpha value is -1.51. The topological polar surface area (TPSA) is 101 Å². The highest BCUT2D eigenvalue weighted by molar-refractivity contribution is 7.09. The molecule has 1 aromatic heterocycles. The van der Waals surface area contributed by atoms with Crippen LogP contribution in [0.3, 0.4) is 0 Å². The van der Waals surface area contributed by atoms with Crippen LogP contribution in [0.4, 0.5) is 0 Å². The highest BCUT2D eigenvalue weighted by atomic mass is 32.1. The lowest BCUT2D eigenvalue weighted by Gasteiger charge is -2.17. The number of thiazole rings is 1. The number of hydrogen-bond acceptors (Lipinski definition) is 6. The number of carboxylic acids is 1. The van der Waals surface area contributed by atoms with Crippen molar-refractivity contribution in [3.8, 4) is 0 Å². The number of carbonyl (C=O) groups excluding carboxylic acids is 1. The molecule has 1 fully saturated rings. The average Bonchev–Trinajstić information content (AvgIpc) is 3.08. The molecule has 7 nitrogen and oxygen atoms in total. The molecule has 8 heteroatoms. The van der Waals surface area contributed by atoms with Gasteiger partial charge in [-0.3, -0.25) is 4.79 Å². The Bertz CT molecular complexity index is 505. The van der Waals surface area contributed by atoms with Gasteiger partial charge in [-0.2, -0.15) is 0 Å². The first kappa shape index (κ1) is 15.9. The van der Waals surface area contributed by atoms with E-state index in [9.17, 15) is 9.59 Å². The predicted octanol–water partition coefficient (Wildman–Crippen LogP) is 0.125. The predicted molar refractivity (Wildman–Crippen MR) is 77.6 cm³/mol. The number of carbonyl (C=O) groups is 2. The number of aromatic nitrogens is 1. The third kappa shape index (κ3) is 4.23. The largest absolute Gasteiger partial charge is 0.476 e. The molecule has 1 aliphatic heterocycles. The molecule has 116 valence electrons. The summed E-state index contributed by atoms with van der Waals surface area (Å²) in [6, 6.07) is 0.0634. The number of rotatable bonds is 7. The second-order valence-corrected chi connectivity index (χ2v) is 5.72. The Balaban J connectivity index is 1.77. The summed E-state index contributed by atoms with van der Waals surface area (Å²) in [5.74, 6) is -1.23. The normalized spacial score (nSPS) is 21.4. The fourth-order valence-electron chi connectivity index (χ4n) is 2.22. The summed E-state index contributed by atoms with van der Waals surface area (Å²) in [5, 5.41) is 17.1. The second-order valence-electron chi connectivity index (χ2n) is 4.78. The van der Waals surface area contributed by atoms with Crippen LogP contribution in [0.1, 0.15) is 22.4 Å². The molecule has 1 aliphatic rings. The Labute approximate surface area is 126 Å². The molecule has 0 radical (unpaired) electrons. The van der Waals surface area contributed by atoms with Crippen LogP contribution in [-0.4, -0.2) is 54.3 Å². The summed E-state index contributed by atoms with van der Waals surface area (Å²) >= 11 is 1.29. The molecule has 2 rings (SSSR count). The summed E-state index contributed by atoms with van der Waals surface area (Å²) in [7, 11) is 0. The number of ether oxygens (including phenoxy) is 1. The summed E-state index contributed by atoms with van der Waals surface area (Å²) in [4.78, 5) is 26.8. The lowest BCUT2D eigenvalue weighted by molar-refractivity contribution is -0.125. The third-order valence-electron chi connectivity index (χ3n) is 3.29. The first-order valence-electron chi connectivity index (χ1n) is 6.88. The molecule has 2 unspecified atom stereocenters. The minimum Gasteiger partial charge on any atom is -0.476 e. The molecule has 3 N–H and O–H groups in total. The van der Waals surface area contributed by atoms with E-state index in [0.717, 1.165) is 6.54 Å². The minimum atomic E-state index is -1.03. The van der Waals surface area contributed by atoms with E-state index in [1.165, 1.54) is 16.7 Å². The molecule has 0 aliphatic carbocycles. The van der Waals surface area contributed by atoms with E-state index >= 15 is 0 Å². The molecule has 1 aromatic rings. The van der Waals surface area contributed by atoms with Gasteiger partial charge in [-0.05, 0) is 6.54 Å². The van der Waals surface area contributed by atoms with Crippen LogP contribution in [0.25, 0.3) is 0 Å². The maximum Gasteiger partial charge on any atom is 0.355 e. The van der Waals surface area contributed by atoms with E-state index in [1.54, 1.807) is 0 Å². The number of hydrogen-bond donors (Lipinski definition) is 3. The first-order chi connectivity index (χ1) is 10.1. The first-order valence-corrected chi connectivity index (χ1v) is 7.76. The third-order valence-corrected chi connectivity index (χ3v) is 4.20. The lowest BCUT2D eigenvalue weighted by atomic mass is 10.0. The van der Waals surface area contributed by atoms with E-state index < -0.39 is 5.97 Å². The van der Waals surface area contributed by atoms with Crippen molar-refractivity contribution < 1.29 is 19.4 Å². The van der Waals surface area contributed by atoms with Crippen LogP contribution in [0.5, 0.6) is 0 Å². The number of nitrogens with zero attached hydrogens (tertiary/aromatic N) is 1. The summed E-state index contributed by atoms with van der Waals surface area (Å²) in [6.07, 6.45) is 0.531. The van der Waals surface area contributed by atoms with Crippen LogP contribution in [0.2, 0.25) is 0 Å². The van der Waals surface area contributed by atoms with Gasteiger partial charge in [-0.1, -0.05) is 6.92 Å². The number of nitrogens with one attached hydrogen (secondary N) is 2. The van der Waals surface area contributed by atoms with E-state index in [2.05, 4.69) is 15.6 Å². The molecule has 0 saturated carbocycles. The van der Waals surface area contributed by atoms with Gasteiger partial charge in [0.15, 0.2) is 5.69 Å². The van der Waals surface area contributed by atoms with Crippen molar-refractivity contribution in [3.05, 3.63) is 16.1 Å². The fourth-order valence-corrected chi connectivity index (χ4v) is 3.00. The number of carboxylic acid groups (broad SMARTS) is 1. The molecule has 2 atom stereocenters. The van der Waals surface area contributed by atoms with E-state index in [4.69, 9.17) is 9.84 Å². The molecule has 0 bridgehead atoms. The van der Waals surface area contributed by atoms with Crippen molar-refractivity contribution in [2.75, 3.05) is 26.3 Å². The van der Waals surface area contributed by atoms with Gasteiger partial charge in [0, 0.05) is 24.4 Å². The smallest absolute Gasteiger partial charge is 0.355 e. The Morgan fingerprint density at radius 3 is 3.00 bits per heavy atom. The molecular formula is C13H19N3O4S. The van der Waals surface area contributed by atoms with Gasteiger partial charge in [-0.15, -0.1) is 11.3 Å². The van der Waals surface area contributed by atoms with Crippen molar-refractivity contribution in [2.24, 2.45) is 5.92 Å². The van der Waals surface area contributed by atoms with Gasteiger partial charge >= 0.3 is 5.97 Å². The van der Waals surface area contributed by atoms with Crippen molar-refractivity contribution in [3.63, 3.8) is 0 Å². The van der Waals surface area contributed by atoms with Gasteiger partial charge in [0.2, 0.25) is 5.91 Å². The highest BCUT2D eigenvalue weighted by Crippen LogP contribution is 2.14. The maximum absolute atomic E-state index is 12.1. The molecular weight excluding hydrogens is 294 g/mol. The quantitative estimate of drug-likeness (QED) is 0.661. The van der Waals surface area contributed by atoms with E-state index in [0.29, 0.717) is 31.2 Å². The molecule has 0 spiro atoms. The van der Waals surface area contributed by atoms with Crippen molar-refractivity contribution >= 4 is 23.2 Å². The zero-order chi connectivity index (χ0) is 15.2. The van der Waals surface area contributed by atoms with Gasteiger partial charge in [0.1, 0.15) is 0 Å². The highest BCUT2D eigenvalue weighted by Gasteiger charge is 2.33. The van der Waals surface area contributed by atoms with Crippen molar-refractivity contribution in [2.45, 2.75) is 19.4 Å². The molecule has 2 heterocycles. The van der Waals surface area contributed by atoms with E-state index in [1.807, 2.05) is 6.92 Å². The van der Waals surface area contributed by atoms with E-state index in [-0.39, 0.29) is 23.6 Å². The maximum atomic E-state index is 12.1. The number of likely N-dealkylation sites (N-methyl/N-ethyl adjacent to an activating group) is 1. The molecule has 1 saturated heterocycles. The number of aromatic carboxylic acids is 1. The van der Waals surface area contributed by atoms with Crippen LogP contribution in [-0.2, 0) is 16.0 Å². The summed E-state index contributed by atoms with van der Waals surface area (Å²) in [5.41, 5.74) is 0.0535. The summed E-state index contributed by atoms with van der Waals surface area (Å²) < 4.78 is 5.34. The van der Waals surface area contributed by atoms with Gasteiger partial charge in [0.05, 0.1) is 24.1 Å². The van der Waals surface area contributed by atoms with Crippen LogP contribution in [0, 0.1) is 5.92 Å². The molecule has 21 heavy (non-hydrogen) atoms. The monoisotopic (exact) mass is 313 g/mol.